The molecule has 0 amide bonds. The van der Waals surface area contributed by atoms with Crippen LogP contribution in [0.25, 0.3) is 0 Å². The summed E-state index contributed by atoms with van der Waals surface area (Å²) in [6, 6.07) is 0.369. The summed E-state index contributed by atoms with van der Waals surface area (Å²) in [5.41, 5.74) is 6.00. The normalized spacial score (nSPS) is 43.5. The predicted molar refractivity (Wildman–Crippen MR) is 47.2 cm³/mol. The largest absolute Gasteiger partial charge is 0.324 e. The van der Waals surface area contributed by atoms with Gasteiger partial charge in [0, 0.05) is 6.04 Å². The molecule has 0 spiro atoms. The first-order chi connectivity index (χ1) is 5.38. The van der Waals surface area contributed by atoms with Gasteiger partial charge in [0.2, 0.25) is 0 Å². The lowest BCUT2D eigenvalue weighted by atomic mass is 9.71. The Kier molecular flexibility index (Phi) is 1.99. The first kappa shape index (κ1) is 7.35. The first-order valence-electron chi connectivity index (χ1n) is 4.80. The van der Waals surface area contributed by atoms with Crippen molar-refractivity contribution in [2.45, 2.75) is 38.1 Å². The lowest BCUT2D eigenvalue weighted by Crippen LogP contribution is -2.37. The summed E-state index contributed by atoms with van der Waals surface area (Å²) >= 11 is 0. The van der Waals surface area contributed by atoms with E-state index in [1.165, 1.54) is 32.1 Å². The van der Waals surface area contributed by atoms with Gasteiger partial charge in [0.1, 0.15) is 0 Å². The predicted octanol–water partition coefficient (Wildman–Crippen LogP) is 2.08. The molecule has 1 saturated carbocycles. The molecule has 1 unspecified atom stereocenters. The van der Waals surface area contributed by atoms with Crippen LogP contribution in [0.4, 0.5) is 0 Å². The Bertz CT molecular complexity index is 162. The van der Waals surface area contributed by atoms with Gasteiger partial charge in [-0.25, -0.2) is 0 Å². The molecule has 0 bridgehead atoms. The SMILES string of the molecule is N[C@H]1C=CC[C@H]2CCCCC21. The topological polar surface area (TPSA) is 26.0 Å². The molecule has 0 radical (unpaired) electrons. The van der Waals surface area contributed by atoms with Gasteiger partial charge in [-0.15, -0.1) is 0 Å². The van der Waals surface area contributed by atoms with Crippen molar-refractivity contribution in [3.63, 3.8) is 0 Å². The van der Waals surface area contributed by atoms with Gasteiger partial charge >= 0.3 is 0 Å². The second kappa shape index (κ2) is 2.98. The van der Waals surface area contributed by atoms with Crippen LogP contribution in [0.15, 0.2) is 12.2 Å². The molecule has 2 aliphatic rings. The summed E-state index contributed by atoms with van der Waals surface area (Å²) in [5.74, 6) is 1.73. The molecule has 0 heterocycles. The fraction of sp³-hybridized carbons (Fsp3) is 0.800. The van der Waals surface area contributed by atoms with Gasteiger partial charge in [-0.2, -0.15) is 0 Å². The Morgan fingerprint density at radius 2 is 2.00 bits per heavy atom. The highest BCUT2D eigenvalue weighted by Gasteiger charge is 2.29. The standard InChI is InChI=1S/C10H17N/c11-10-7-3-5-8-4-1-2-6-9(8)10/h3,7-10H,1-2,4-6,11H2/t8-,9?,10+/m1/s1. The average Bonchev–Trinajstić information content (AvgIpc) is 2.06. The maximum absolute atomic E-state index is 6.00. The molecular weight excluding hydrogens is 134 g/mol. The molecule has 0 saturated heterocycles. The van der Waals surface area contributed by atoms with E-state index in [-0.39, 0.29) is 0 Å². The molecule has 3 atom stereocenters. The highest BCUT2D eigenvalue weighted by molar-refractivity contribution is 5.04. The van der Waals surface area contributed by atoms with Crippen LogP contribution in [-0.2, 0) is 0 Å². The Morgan fingerprint density at radius 3 is 2.82 bits per heavy atom. The van der Waals surface area contributed by atoms with Gasteiger partial charge in [-0.05, 0) is 31.1 Å². The minimum absolute atomic E-state index is 0.369. The number of rotatable bonds is 0. The van der Waals surface area contributed by atoms with Crippen LogP contribution >= 0.6 is 0 Å². The second-order valence-corrected chi connectivity index (χ2v) is 3.95. The van der Waals surface area contributed by atoms with Gasteiger partial charge in [0.15, 0.2) is 0 Å². The van der Waals surface area contributed by atoms with Crippen molar-refractivity contribution in [2.75, 3.05) is 0 Å². The van der Waals surface area contributed by atoms with Gasteiger partial charge < -0.3 is 5.73 Å². The summed E-state index contributed by atoms with van der Waals surface area (Å²) in [5, 5.41) is 0. The van der Waals surface area contributed by atoms with E-state index in [2.05, 4.69) is 12.2 Å². The second-order valence-electron chi connectivity index (χ2n) is 3.95. The summed E-state index contributed by atoms with van der Waals surface area (Å²) in [7, 11) is 0. The zero-order valence-electron chi connectivity index (χ0n) is 7.00. The third-order valence-electron chi connectivity index (χ3n) is 3.26. The fourth-order valence-corrected chi connectivity index (χ4v) is 2.59. The van der Waals surface area contributed by atoms with E-state index in [4.69, 9.17) is 5.73 Å². The lowest BCUT2D eigenvalue weighted by Gasteiger charge is -2.36. The van der Waals surface area contributed by atoms with E-state index >= 15 is 0 Å². The minimum Gasteiger partial charge on any atom is -0.324 e. The average molecular weight is 151 g/mol. The first-order valence-corrected chi connectivity index (χ1v) is 4.80. The highest BCUT2D eigenvalue weighted by atomic mass is 14.7. The third-order valence-corrected chi connectivity index (χ3v) is 3.26. The summed E-state index contributed by atoms with van der Waals surface area (Å²) in [6.07, 6.45) is 11.4. The fourth-order valence-electron chi connectivity index (χ4n) is 2.59. The van der Waals surface area contributed by atoms with Crippen molar-refractivity contribution < 1.29 is 0 Å². The summed E-state index contributed by atoms with van der Waals surface area (Å²) in [6.45, 7) is 0. The van der Waals surface area contributed by atoms with Crippen LogP contribution in [0.3, 0.4) is 0 Å². The summed E-state index contributed by atoms with van der Waals surface area (Å²) < 4.78 is 0. The number of hydrogen-bond donors (Lipinski definition) is 1. The smallest absolute Gasteiger partial charge is 0.0255 e. The molecule has 0 aliphatic heterocycles. The van der Waals surface area contributed by atoms with Gasteiger partial charge in [0.05, 0.1) is 0 Å². The van der Waals surface area contributed by atoms with Crippen molar-refractivity contribution in [1.82, 2.24) is 0 Å². The number of nitrogens with two attached hydrogens (primary N) is 1. The Morgan fingerprint density at radius 1 is 1.18 bits per heavy atom. The number of allylic oxidation sites excluding steroid dienone is 1. The molecule has 2 N–H and O–H groups in total. The molecule has 62 valence electrons. The number of hydrogen-bond acceptors (Lipinski definition) is 1. The molecule has 11 heavy (non-hydrogen) atoms. The molecular formula is C10H17N. The van der Waals surface area contributed by atoms with Crippen molar-refractivity contribution in [3.8, 4) is 0 Å². The van der Waals surface area contributed by atoms with E-state index in [0.717, 1.165) is 11.8 Å². The summed E-state index contributed by atoms with van der Waals surface area (Å²) in [4.78, 5) is 0. The van der Waals surface area contributed by atoms with Crippen LogP contribution in [0.5, 0.6) is 0 Å². The van der Waals surface area contributed by atoms with Crippen LogP contribution < -0.4 is 5.73 Å². The van der Waals surface area contributed by atoms with Crippen molar-refractivity contribution in [2.24, 2.45) is 17.6 Å². The van der Waals surface area contributed by atoms with Crippen LogP contribution in [0.1, 0.15) is 32.1 Å². The van der Waals surface area contributed by atoms with E-state index in [1.54, 1.807) is 0 Å². The zero-order chi connectivity index (χ0) is 7.68. The van der Waals surface area contributed by atoms with Crippen molar-refractivity contribution in [3.05, 3.63) is 12.2 Å². The molecule has 2 aliphatic carbocycles. The van der Waals surface area contributed by atoms with Gasteiger partial charge in [0.25, 0.3) is 0 Å². The molecule has 0 aromatic rings. The molecule has 1 nitrogen and oxygen atoms in total. The molecule has 0 aromatic heterocycles. The van der Waals surface area contributed by atoms with E-state index in [0.29, 0.717) is 6.04 Å². The molecule has 1 fully saturated rings. The van der Waals surface area contributed by atoms with Crippen LogP contribution in [0.2, 0.25) is 0 Å². The Labute approximate surface area is 68.7 Å². The quantitative estimate of drug-likeness (QED) is 0.527. The van der Waals surface area contributed by atoms with E-state index in [1.807, 2.05) is 0 Å². The van der Waals surface area contributed by atoms with E-state index < -0.39 is 0 Å². The molecule has 0 aromatic carbocycles. The lowest BCUT2D eigenvalue weighted by molar-refractivity contribution is 0.211. The minimum atomic E-state index is 0.369. The molecule has 1 heteroatoms. The van der Waals surface area contributed by atoms with Crippen LogP contribution in [0, 0.1) is 11.8 Å². The molecule has 2 rings (SSSR count). The zero-order valence-corrected chi connectivity index (χ0v) is 7.00. The monoisotopic (exact) mass is 151 g/mol. The van der Waals surface area contributed by atoms with Crippen molar-refractivity contribution >= 4 is 0 Å². The van der Waals surface area contributed by atoms with Gasteiger partial charge in [-0.3, -0.25) is 0 Å². The third kappa shape index (κ3) is 1.34. The van der Waals surface area contributed by atoms with Crippen molar-refractivity contribution in [1.29, 1.82) is 0 Å². The highest BCUT2D eigenvalue weighted by Crippen LogP contribution is 2.36. The Hall–Kier alpha value is -0.300. The van der Waals surface area contributed by atoms with Crippen LogP contribution in [-0.4, -0.2) is 6.04 Å². The maximum Gasteiger partial charge on any atom is 0.0255 e. The van der Waals surface area contributed by atoms with E-state index in [9.17, 15) is 0 Å². The Balaban J connectivity index is 2.08. The maximum atomic E-state index is 6.00. The number of fused-ring (bicyclic) bond motifs is 1. The van der Waals surface area contributed by atoms with Gasteiger partial charge in [-0.1, -0.05) is 25.0 Å².